The second-order valence-corrected chi connectivity index (χ2v) is 2.34. The van der Waals surface area contributed by atoms with Crippen molar-refractivity contribution in [3.63, 3.8) is 0 Å². The number of nitrogens with one attached hydrogen (secondary N) is 1. The highest BCUT2D eigenvalue weighted by molar-refractivity contribution is 5.74. The first-order valence-corrected chi connectivity index (χ1v) is 4.77. The third-order valence-electron chi connectivity index (χ3n) is 1.51. The smallest absolute Gasteiger partial charge is 0.104 e. The lowest BCUT2D eigenvalue weighted by Crippen LogP contribution is -1.68. The number of H-pyrrole nitrogens is 1. The van der Waals surface area contributed by atoms with E-state index in [-0.39, 0.29) is 1.43 Å². The van der Waals surface area contributed by atoms with E-state index in [1.165, 1.54) is 0 Å². The van der Waals surface area contributed by atoms with Crippen LogP contribution in [0.25, 0.3) is 11.0 Å². The molecular formula is C12H20N2. The zero-order valence-corrected chi connectivity index (χ0v) is 9.17. The molecule has 2 rings (SSSR count). The van der Waals surface area contributed by atoms with Crippen molar-refractivity contribution < 1.29 is 1.43 Å². The Bertz CT molecular complexity index is 335. The average Bonchev–Trinajstić information content (AvgIpc) is 2.64. The molecule has 0 radical (unpaired) electrons. The van der Waals surface area contributed by atoms with Gasteiger partial charge >= 0.3 is 0 Å². The fraction of sp³-hybridized carbons (Fsp3) is 0.250. The number of nitrogens with zero attached hydrogens (tertiary/aromatic N) is 1. The van der Waals surface area contributed by atoms with Gasteiger partial charge in [0.1, 0.15) is 5.82 Å². The van der Waals surface area contributed by atoms with Crippen molar-refractivity contribution in [2.75, 3.05) is 0 Å². The predicted octanol–water partition coefficient (Wildman–Crippen LogP) is 3.95. The van der Waals surface area contributed by atoms with Crippen LogP contribution in [0.1, 0.15) is 21.1 Å². The summed E-state index contributed by atoms with van der Waals surface area (Å²) in [6.45, 7) is 12.0. The summed E-state index contributed by atoms with van der Waals surface area (Å²) >= 11 is 0. The zero-order valence-electron chi connectivity index (χ0n) is 9.17. The minimum atomic E-state index is 0. The van der Waals surface area contributed by atoms with Gasteiger partial charge in [-0.2, -0.15) is 0 Å². The largest absolute Gasteiger partial charge is 0.342 e. The van der Waals surface area contributed by atoms with Gasteiger partial charge in [0, 0.05) is 1.43 Å². The van der Waals surface area contributed by atoms with Crippen LogP contribution in [-0.2, 0) is 0 Å². The third kappa shape index (κ3) is 3.05. The summed E-state index contributed by atoms with van der Waals surface area (Å²) in [7, 11) is 0. The van der Waals surface area contributed by atoms with Crippen LogP contribution in [0, 0.1) is 6.92 Å². The first-order valence-electron chi connectivity index (χ1n) is 4.77. The van der Waals surface area contributed by atoms with Gasteiger partial charge < -0.3 is 4.98 Å². The van der Waals surface area contributed by atoms with Gasteiger partial charge in [0.15, 0.2) is 0 Å². The summed E-state index contributed by atoms with van der Waals surface area (Å²) in [4.78, 5) is 7.40. The number of aromatic nitrogens is 2. The van der Waals surface area contributed by atoms with E-state index in [1.54, 1.807) is 0 Å². The topological polar surface area (TPSA) is 28.7 Å². The van der Waals surface area contributed by atoms with E-state index in [1.807, 2.05) is 45.0 Å². The van der Waals surface area contributed by atoms with E-state index in [9.17, 15) is 0 Å². The molecule has 0 atom stereocenters. The summed E-state index contributed by atoms with van der Waals surface area (Å²) in [5, 5.41) is 0. The van der Waals surface area contributed by atoms with Gasteiger partial charge in [-0.05, 0) is 19.1 Å². The standard InChI is InChI=1S/C8H8N2.C2H6.C2H4.H2/c1-6-9-7-4-2-3-5-8(7)10-6;2*1-2;/h2-5H,1H3,(H,9,10);1-2H3;1-2H2;1H. The number of para-hydroxylation sites is 2. The summed E-state index contributed by atoms with van der Waals surface area (Å²) in [6, 6.07) is 8.01. The van der Waals surface area contributed by atoms with Crippen LogP contribution in [0.5, 0.6) is 0 Å². The number of imidazole rings is 1. The van der Waals surface area contributed by atoms with Crippen LogP contribution < -0.4 is 0 Å². The molecule has 78 valence electrons. The molecule has 1 heterocycles. The van der Waals surface area contributed by atoms with Crippen LogP contribution in [0.15, 0.2) is 37.4 Å². The van der Waals surface area contributed by atoms with Crippen LogP contribution in [0.4, 0.5) is 0 Å². The summed E-state index contributed by atoms with van der Waals surface area (Å²) in [5.74, 6) is 0.973. The normalized spacial score (nSPS) is 8.21. The Morgan fingerprint density at radius 1 is 1.21 bits per heavy atom. The van der Waals surface area contributed by atoms with Gasteiger partial charge in [0.2, 0.25) is 0 Å². The molecule has 0 aliphatic carbocycles. The number of aromatic amines is 1. The molecule has 0 saturated heterocycles. The molecule has 1 aromatic heterocycles. The van der Waals surface area contributed by atoms with Gasteiger partial charge in [0.25, 0.3) is 0 Å². The van der Waals surface area contributed by atoms with Crippen molar-refractivity contribution in [2.45, 2.75) is 20.8 Å². The van der Waals surface area contributed by atoms with Crippen molar-refractivity contribution in [1.29, 1.82) is 0 Å². The van der Waals surface area contributed by atoms with Crippen LogP contribution in [0.2, 0.25) is 0 Å². The lowest BCUT2D eigenvalue weighted by atomic mass is 10.3. The first-order chi connectivity index (χ1) is 6.86. The maximum absolute atomic E-state index is 4.26. The average molecular weight is 192 g/mol. The molecule has 0 aliphatic heterocycles. The second kappa shape index (κ2) is 6.89. The maximum atomic E-state index is 4.26. The fourth-order valence-corrected chi connectivity index (χ4v) is 1.08. The highest BCUT2D eigenvalue weighted by Crippen LogP contribution is 2.08. The Labute approximate surface area is 87.2 Å². The Hall–Kier alpha value is -1.57. The van der Waals surface area contributed by atoms with Crippen molar-refractivity contribution in [3.05, 3.63) is 43.2 Å². The zero-order chi connectivity index (χ0) is 11.0. The molecule has 0 saturated carbocycles. The molecule has 0 bridgehead atoms. The van der Waals surface area contributed by atoms with Crippen molar-refractivity contribution >= 4 is 11.0 Å². The molecule has 0 amide bonds. The third-order valence-corrected chi connectivity index (χ3v) is 1.51. The Balaban J connectivity index is 0. The van der Waals surface area contributed by atoms with E-state index in [0.29, 0.717) is 0 Å². The number of fused-ring (bicyclic) bond motifs is 1. The van der Waals surface area contributed by atoms with Gasteiger partial charge in [-0.1, -0.05) is 26.0 Å². The number of hydrogen-bond acceptors (Lipinski definition) is 1. The number of rotatable bonds is 0. The van der Waals surface area contributed by atoms with Crippen molar-refractivity contribution in [3.8, 4) is 0 Å². The van der Waals surface area contributed by atoms with E-state index in [2.05, 4.69) is 23.1 Å². The van der Waals surface area contributed by atoms with E-state index < -0.39 is 0 Å². The molecule has 0 aliphatic rings. The number of aryl methyl sites for hydroxylation is 1. The molecule has 2 heteroatoms. The summed E-state index contributed by atoms with van der Waals surface area (Å²) in [6.07, 6.45) is 0. The minimum Gasteiger partial charge on any atom is -0.342 e. The molecule has 2 nitrogen and oxygen atoms in total. The van der Waals surface area contributed by atoms with E-state index in [0.717, 1.165) is 16.9 Å². The van der Waals surface area contributed by atoms with Gasteiger partial charge in [-0.15, -0.1) is 13.2 Å². The quantitative estimate of drug-likeness (QED) is 0.629. The lowest BCUT2D eigenvalue weighted by Gasteiger charge is -1.81. The van der Waals surface area contributed by atoms with Crippen molar-refractivity contribution in [2.24, 2.45) is 0 Å². The number of benzene rings is 1. The van der Waals surface area contributed by atoms with Gasteiger partial charge in [0.05, 0.1) is 11.0 Å². The fourth-order valence-electron chi connectivity index (χ4n) is 1.08. The SMILES string of the molecule is C=C.CC.Cc1nc2ccccc2[nH]1.[HH]. The Morgan fingerprint density at radius 2 is 1.79 bits per heavy atom. The highest BCUT2D eigenvalue weighted by atomic mass is 14.9. The molecule has 1 N–H and O–H groups in total. The predicted molar refractivity (Wildman–Crippen MR) is 65.5 cm³/mol. The van der Waals surface area contributed by atoms with E-state index >= 15 is 0 Å². The van der Waals surface area contributed by atoms with Crippen molar-refractivity contribution in [1.82, 2.24) is 9.97 Å². The number of hydrogen-bond donors (Lipinski definition) is 1. The summed E-state index contributed by atoms with van der Waals surface area (Å²) < 4.78 is 0. The molecule has 1 aromatic carbocycles. The second-order valence-electron chi connectivity index (χ2n) is 2.34. The maximum Gasteiger partial charge on any atom is 0.104 e. The van der Waals surface area contributed by atoms with Crippen LogP contribution >= 0.6 is 0 Å². The highest BCUT2D eigenvalue weighted by Gasteiger charge is 1.93. The minimum absolute atomic E-state index is 0. The Kier molecular flexibility index (Phi) is 6.12. The monoisotopic (exact) mass is 192 g/mol. The molecule has 0 spiro atoms. The molecule has 2 aromatic rings. The Morgan fingerprint density at radius 3 is 2.36 bits per heavy atom. The molecular weight excluding hydrogens is 172 g/mol. The van der Waals surface area contributed by atoms with Crippen LogP contribution in [-0.4, -0.2) is 9.97 Å². The summed E-state index contributed by atoms with van der Waals surface area (Å²) in [5.41, 5.74) is 2.15. The molecule has 14 heavy (non-hydrogen) atoms. The molecule has 0 fully saturated rings. The molecule has 0 unspecified atom stereocenters. The van der Waals surface area contributed by atoms with Gasteiger partial charge in [-0.3, -0.25) is 0 Å². The lowest BCUT2D eigenvalue weighted by molar-refractivity contribution is 1.17. The van der Waals surface area contributed by atoms with Crippen LogP contribution in [0.3, 0.4) is 0 Å². The van der Waals surface area contributed by atoms with Gasteiger partial charge in [-0.25, -0.2) is 4.98 Å². The van der Waals surface area contributed by atoms with E-state index in [4.69, 9.17) is 0 Å². The first kappa shape index (κ1) is 12.4.